The lowest BCUT2D eigenvalue weighted by molar-refractivity contribution is 0.0877. The van der Waals surface area contributed by atoms with E-state index in [0.717, 1.165) is 32.8 Å². The van der Waals surface area contributed by atoms with Gasteiger partial charge in [-0.15, -0.1) is 0 Å². The molecule has 5 heteroatoms. The molecule has 0 aromatic heterocycles. The molecule has 0 bridgehead atoms. The van der Waals surface area contributed by atoms with Gasteiger partial charge in [-0.3, -0.25) is 0 Å². The van der Waals surface area contributed by atoms with E-state index in [1.807, 2.05) is 6.92 Å². The number of hydrogen-bond donors (Lipinski definition) is 2. The van der Waals surface area contributed by atoms with E-state index in [1.165, 1.54) is 0 Å². The summed E-state index contributed by atoms with van der Waals surface area (Å²) in [5.74, 6) is 0. The van der Waals surface area contributed by atoms with E-state index in [0.29, 0.717) is 18.6 Å². The van der Waals surface area contributed by atoms with Crippen LogP contribution in [0.15, 0.2) is 0 Å². The second kappa shape index (κ2) is 7.97. The Bertz CT molecular complexity index is 156. The van der Waals surface area contributed by atoms with Gasteiger partial charge in [-0.25, -0.2) is 0 Å². The van der Waals surface area contributed by atoms with Gasteiger partial charge in [0.25, 0.3) is 0 Å². The van der Waals surface area contributed by atoms with E-state index in [-0.39, 0.29) is 6.61 Å². The Labute approximate surface area is 96.3 Å². The van der Waals surface area contributed by atoms with E-state index >= 15 is 0 Å². The monoisotopic (exact) mass is 234 g/mol. The van der Waals surface area contributed by atoms with Crippen molar-refractivity contribution >= 4 is 0 Å². The van der Waals surface area contributed by atoms with Crippen molar-refractivity contribution in [1.82, 2.24) is 0 Å². The fourth-order valence-corrected chi connectivity index (χ4v) is 1.08. The molecule has 5 nitrogen and oxygen atoms in total. The van der Waals surface area contributed by atoms with Crippen molar-refractivity contribution in [3.63, 3.8) is 0 Å². The molecule has 2 heterocycles. The van der Waals surface area contributed by atoms with E-state index in [9.17, 15) is 0 Å². The highest BCUT2D eigenvalue weighted by Gasteiger charge is 2.26. The molecule has 2 rings (SSSR count). The minimum Gasteiger partial charge on any atom is -0.394 e. The molecule has 0 radical (unpaired) electrons. The molecule has 16 heavy (non-hydrogen) atoms. The van der Waals surface area contributed by atoms with Crippen molar-refractivity contribution in [1.29, 1.82) is 0 Å². The highest BCUT2D eigenvalue weighted by molar-refractivity contribution is 4.71. The van der Waals surface area contributed by atoms with Crippen LogP contribution in [0.1, 0.15) is 19.8 Å². The largest absolute Gasteiger partial charge is 0.394 e. The Morgan fingerprint density at radius 3 is 2.00 bits per heavy atom. The first kappa shape index (κ1) is 13.9. The molecule has 0 amide bonds. The Balaban J connectivity index is 0.000000168. The predicted molar refractivity (Wildman–Crippen MR) is 58.3 cm³/mol. The predicted octanol–water partition coefficient (Wildman–Crippen LogP) is -0.0597. The first-order valence-electron chi connectivity index (χ1n) is 5.86. The van der Waals surface area contributed by atoms with Crippen molar-refractivity contribution in [2.45, 2.75) is 38.1 Å². The van der Waals surface area contributed by atoms with Crippen molar-refractivity contribution in [2.75, 3.05) is 33.0 Å². The summed E-state index contributed by atoms with van der Waals surface area (Å²) in [7, 11) is 0. The van der Waals surface area contributed by atoms with Crippen LogP contribution in [-0.2, 0) is 14.2 Å². The fraction of sp³-hybridized carbons (Fsp3) is 1.00. The second-order valence-electron chi connectivity index (χ2n) is 4.07. The Hall–Kier alpha value is -0.200. The second-order valence-corrected chi connectivity index (χ2v) is 4.07. The number of hydrogen-bond acceptors (Lipinski definition) is 5. The number of rotatable bonds is 7. The zero-order chi connectivity index (χ0) is 11.8. The maximum absolute atomic E-state index is 8.61. The molecule has 0 spiro atoms. The van der Waals surface area contributed by atoms with Crippen LogP contribution in [-0.4, -0.2) is 61.6 Å². The normalized spacial score (nSPS) is 27.9. The van der Waals surface area contributed by atoms with Gasteiger partial charge in [0.05, 0.1) is 39.1 Å². The van der Waals surface area contributed by atoms with E-state index in [1.54, 1.807) is 0 Å². The number of ether oxygens (including phenoxy) is 3. The average Bonchev–Trinajstić information content (AvgIpc) is 3.13. The lowest BCUT2D eigenvalue weighted by Crippen LogP contribution is -2.10. The molecule has 0 aliphatic carbocycles. The minimum atomic E-state index is -0.495. The van der Waals surface area contributed by atoms with Crippen LogP contribution in [0.25, 0.3) is 0 Å². The molecule has 2 fully saturated rings. The lowest BCUT2D eigenvalue weighted by Gasteiger charge is -2.01. The highest BCUT2D eigenvalue weighted by Crippen LogP contribution is 2.12. The molecule has 3 unspecified atom stereocenters. The van der Waals surface area contributed by atoms with Crippen LogP contribution >= 0.6 is 0 Å². The number of epoxide rings is 2. The Morgan fingerprint density at radius 1 is 1.25 bits per heavy atom. The maximum atomic E-state index is 8.61. The van der Waals surface area contributed by atoms with Gasteiger partial charge in [0.1, 0.15) is 12.2 Å². The maximum Gasteiger partial charge on any atom is 0.104 e. The topological polar surface area (TPSA) is 74.8 Å². The molecule has 3 atom stereocenters. The summed E-state index contributed by atoms with van der Waals surface area (Å²) in [6.45, 7) is 5.13. The van der Waals surface area contributed by atoms with Crippen LogP contribution in [0, 0.1) is 0 Å². The molecule has 2 saturated heterocycles. The zero-order valence-electron chi connectivity index (χ0n) is 9.80. The van der Waals surface area contributed by atoms with Crippen molar-refractivity contribution in [3.8, 4) is 0 Å². The lowest BCUT2D eigenvalue weighted by atomic mass is 10.2. The summed E-state index contributed by atoms with van der Waals surface area (Å²) in [6, 6.07) is 0. The van der Waals surface area contributed by atoms with Crippen LogP contribution < -0.4 is 0 Å². The molecule has 2 aliphatic heterocycles. The molecule has 96 valence electrons. The molecule has 2 aliphatic rings. The zero-order valence-corrected chi connectivity index (χ0v) is 9.80. The number of aliphatic hydroxyl groups is 2. The number of aliphatic hydroxyl groups excluding tert-OH is 2. The van der Waals surface area contributed by atoms with Crippen LogP contribution in [0.3, 0.4) is 0 Å². The SMILES string of the molecule is C(OCC1CO1)C1CO1.CCCC(O)CO. The summed E-state index contributed by atoms with van der Waals surface area (Å²) < 4.78 is 15.1. The summed E-state index contributed by atoms with van der Waals surface area (Å²) in [6.07, 6.45) is 1.93. The third kappa shape index (κ3) is 8.01. The van der Waals surface area contributed by atoms with Crippen molar-refractivity contribution in [2.24, 2.45) is 0 Å². The molecular weight excluding hydrogens is 212 g/mol. The highest BCUT2D eigenvalue weighted by atomic mass is 16.6. The van der Waals surface area contributed by atoms with Gasteiger partial charge in [-0.1, -0.05) is 13.3 Å². The summed E-state index contributed by atoms with van der Waals surface area (Å²) in [5, 5.41) is 16.8. The Kier molecular flexibility index (Phi) is 6.91. The van der Waals surface area contributed by atoms with Gasteiger partial charge in [0, 0.05) is 0 Å². The van der Waals surface area contributed by atoms with E-state index in [4.69, 9.17) is 24.4 Å². The quantitative estimate of drug-likeness (QED) is 0.604. The van der Waals surface area contributed by atoms with Gasteiger partial charge in [0.2, 0.25) is 0 Å². The molecular formula is C11H22O5. The van der Waals surface area contributed by atoms with Crippen LogP contribution in [0.4, 0.5) is 0 Å². The molecule has 0 aromatic carbocycles. The average molecular weight is 234 g/mol. The first-order valence-corrected chi connectivity index (χ1v) is 5.86. The van der Waals surface area contributed by atoms with Gasteiger partial charge in [-0.2, -0.15) is 0 Å². The van der Waals surface area contributed by atoms with Gasteiger partial charge >= 0.3 is 0 Å². The first-order chi connectivity index (χ1) is 7.76. The van der Waals surface area contributed by atoms with Crippen LogP contribution in [0.5, 0.6) is 0 Å². The van der Waals surface area contributed by atoms with Gasteiger partial charge in [0.15, 0.2) is 0 Å². The van der Waals surface area contributed by atoms with Crippen LogP contribution in [0.2, 0.25) is 0 Å². The minimum absolute atomic E-state index is 0.103. The summed E-state index contributed by atoms with van der Waals surface area (Å²) in [5.41, 5.74) is 0. The van der Waals surface area contributed by atoms with Gasteiger partial charge < -0.3 is 24.4 Å². The third-order valence-electron chi connectivity index (χ3n) is 2.24. The van der Waals surface area contributed by atoms with E-state index in [2.05, 4.69) is 0 Å². The van der Waals surface area contributed by atoms with Gasteiger partial charge in [-0.05, 0) is 6.42 Å². The summed E-state index contributed by atoms with van der Waals surface area (Å²) >= 11 is 0. The Morgan fingerprint density at radius 2 is 1.75 bits per heavy atom. The standard InChI is InChI=1S/C6H10O3.C5H12O2/c1(5-3-8-5)7-2-6-4-9-6;1-2-3-5(7)4-6/h5-6H,1-4H2;5-7H,2-4H2,1H3. The smallest absolute Gasteiger partial charge is 0.104 e. The molecule has 0 aromatic rings. The van der Waals surface area contributed by atoms with Crippen molar-refractivity contribution < 1.29 is 24.4 Å². The third-order valence-corrected chi connectivity index (χ3v) is 2.24. The van der Waals surface area contributed by atoms with E-state index < -0.39 is 6.10 Å². The van der Waals surface area contributed by atoms with Crippen molar-refractivity contribution in [3.05, 3.63) is 0 Å². The summed E-state index contributed by atoms with van der Waals surface area (Å²) in [4.78, 5) is 0. The fourth-order valence-electron chi connectivity index (χ4n) is 1.08. The molecule has 0 saturated carbocycles. The molecule has 2 N–H and O–H groups in total.